The van der Waals surface area contributed by atoms with Gasteiger partial charge in [-0.25, -0.2) is 0 Å². The Labute approximate surface area is 94.1 Å². The molecule has 16 heavy (non-hydrogen) atoms. The van der Waals surface area contributed by atoms with Gasteiger partial charge in [0.2, 0.25) is 6.79 Å². The average molecular weight is 222 g/mol. The molecule has 4 nitrogen and oxygen atoms in total. The number of fused-ring (bicyclic) bond motifs is 1. The zero-order chi connectivity index (χ0) is 11.5. The largest absolute Gasteiger partial charge is 0.454 e. The van der Waals surface area contributed by atoms with Crippen LogP contribution in [0.5, 0.6) is 11.5 Å². The topological polar surface area (TPSA) is 44.8 Å². The van der Waals surface area contributed by atoms with Crippen LogP contribution >= 0.6 is 0 Å². The summed E-state index contributed by atoms with van der Waals surface area (Å²) in [4.78, 5) is 11.2. The van der Waals surface area contributed by atoms with Crippen molar-refractivity contribution in [2.45, 2.75) is 20.0 Å². The molecule has 2 rings (SSSR count). The van der Waals surface area contributed by atoms with Crippen LogP contribution in [0.2, 0.25) is 0 Å². The van der Waals surface area contributed by atoms with Crippen LogP contribution in [-0.4, -0.2) is 19.7 Å². The molecule has 0 radical (unpaired) electrons. The lowest BCUT2D eigenvalue weighted by atomic mass is 10.0. The molecule has 0 unspecified atom stereocenters. The van der Waals surface area contributed by atoms with Gasteiger partial charge in [0.05, 0.1) is 6.61 Å². The van der Waals surface area contributed by atoms with E-state index in [1.807, 2.05) is 12.1 Å². The second-order valence-corrected chi connectivity index (χ2v) is 3.79. The number of ketones is 1. The molecule has 0 aromatic heterocycles. The van der Waals surface area contributed by atoms with Gasteiger partial charge in [-0.05, 0) is 30.2 Å². The van der Waals surface area contributed by atoms with E-state index in [-0.39, 0.29) is 12.6 Å². The molecule has 4 heteroatoms. The van der Waals surface area contributed by atoms with E-state index in [1.54, 1.807) is 14.0 Å². The van der Waals surface area contributed by atoms with Crippen molar-refractivity contribution in [3.8, 4) is 11.5 Å². The van der Waals surface area contributed by atoms with Crippen LogP contribution in [-0.2, 0) is 22.6 Å². The van der Waals surface area contributed by atoms with E-state index in [9.17, 15) is 4.79 Å². The molecule has 0 amide bonds. The first-order valence-corrected chi connectivity index (χ1v) is 5.10. The fraction of sp³-hybridized carbons (Fsp3) is 0.417. The SMILES string of the molecule is COCc1cc2c(cc1CC(C)=O)OCO2. The van der Waals surface area contributed by atoms with Crippen molar-refractivity contribution in [3.63, 3.8) is 0 Å². The lowest BCUT2D eigenvalue weighted by molar-refractivity contribution is -0.116. The van der Waals surface area contributed by atoms with E-state index >= 15 is 0 Å². The van der Waals surface area contributed by atoms with Gasteiger partial charge in [0.15, 0.2) is 11.5 Å². The van der Waals surface area contributed by atoms with Crippen LogP contribution in [0.3, 0.4) is 0 Å². The van der Waals surface area contributed by atoms with E-state index in [0.717, 1.165) is 16.9 Å². The summed E-state index contributed by atoms with van der Waals surface area (Å²) in [6, 6.07) is 3.74. The third-order valence-corrected chi connectivity index (χ3v) is 2.43. The van der Waals surface area contributed by atoms with Crippen molar-refractivity contribution in [3.05, 3.63) is 23.3 Å². The first-order valence-electron chi connectivity index (χ1n) is 5.10. The molecule has 1 heterocycles. The highest BCUT2D eigenvalue weighted by Crippen LogP contribution is 2.35. The standard InChI is InChI=1S/C12H14O4/c1-8(13)3-9-4-11-12(16-7-15-11)5-10(9)6-14-2/h4-5H,3,6-7H2,1-2H3. The molecule has 1 aromatic rings. The van der Waals surface area contributed by atoms with Crippen LogP contribution in [0, 0.1) is 0 Å². The fourth-order valence-electron chi connectivity index (χ4n) is 1.75. The highest BCUT2D eigenvalue weighted by atomic mass is 16.7. The first kappa shape index (κ1) is 11.0. The number of Topliss-reactive ketones (excluding diaryl/α,β-unsaturated/α-hetero) is 1. The molecule has 0 spiro atoms. The maximum absolute atomic E-state index is 11.2. The number of ether oxygens (including phenoxy) is 3. The molecule has 0 N–H and O–H groups in total. The summed E-state index contributed by atoms with van der Waals surface area (Å²) in [7, 11) is 1.63. The first-order chi connectivity index (χ1) is 7.70. The smallest absolute Gasteiger partial charge is 0.231 e. The third kappa shape index (κ3) is 2.17. The second kappa shape index (κ2) is 4.53. The number of carbonyl (C=O) groups excluding carboxylic acids is 1. The number of hydrogen-bond acceptors (Lipinski definition) is 4. The Balaban J connectivity index is 2.36. The Morgan fingerprint density at radius 1 is 1.31 bits per heavy atom. The molecule has 1 aliphatic heterocycles. The number of carbonyl (C=O) groups is 1. The maximum Gasteiger partial charge on any atom is 0.231 e. The van der Waals surface area contributed by atoms with E-state index < -0.39 is 0 Å². The summed E-state index contributed by atoms with van der Waals surface area (Å²) in [6.45, 7) is 2.28. The molecule has 1 aromatic carbocycles. The van der Waals surface area contributed by atoms with Crippen LogP contribution in [0.15, 0.2) is 12.1 Å². The monoisotopic (exact) mass is 222 g/mol. The number of rotatable bonds is 4. The minimum atomic E-state index is 0.121. The summed E-state index contributed by atoms with van der Waals surface area (Å²) < 4.78 is 15.7. The molecule has 0 saturated carbocycles. The van der Waals surface area contributed by atoms with Gasteiger partial charge in [0.1, 0.15) is 5.78 Å². The van der Waals surface area contributed by atoms with Gasteiger partial charge in [0, 0.05) is 13.5 Å². The predicted molar refractivity (Wildman–Crippen MR) is 57.7 cm³/mol. The molecular formula is C12H14O4. The lowest BCUT2D eigenvalue weighted by Gasteiger charge is -2.08. The molecular weight excluding hydrogens is 208 g/mol. The number of methoxy groups -OCH3 is 1. The van der Waals surface area contributed by atoms with Gasteiger partial charge in [-0.1, -0.05) is 0 Å². The van der Waals surface area contributed by atoms with Crippen LogP contribution in [0.1, 0.15) is 18.1 Å². The average Bonchev–Trinajstić information content (AvgIpc) is 2.64. The van der Waals surface area contributed by atoms with E-state index in [1.165, 1.54) is 0 Å². The molecule has 0 aliphatic carbocycles. The maximum atomic E-state index is 11.2. The van der Waals surface area contributed by atoms with Gasteiger partial charge < -0.3 is 14.2 Å². The quantitative estimate of drug-likeness (QED) is 0.777. The van der Waals surface area contributed by atoms with Crippen molar-refractivity contribution < 1.29 is 19.0 Å². The minimum absolute atomic E-state index is 0.121. The van der Waals surface area contributed by atoms with Crippen LogP contribution in [0.4, 0.5) is 0 Å². The molecule has 1 aliphatic rings. The van der Waals surface area contributed by atoms with Gasteiger partial charge in [-0.3, -0.25) is 4.79 Å². The van der Waals surface area contributed by atoms with Crippen LogP contribution < -0.4 is 9.47 Å². The van der Waals surface area contributed by atoms with Gasteiger partial charge >= 0.3 is 0 Å². The van der Waals surface area contributed by atoms with Crippen molar-refractivity contribution in [2.24, 2.45) is 0 Å². The molecule has 0 saturated heterocycles. The van der Waals surface area contributed by atoms with E-state index in [0.29, 0.717) is 18.8 Å². The summed E-state index contributed by atoms with van der Waals surface area (Å²) in [5, 5.41) is 0. The Hall–Kier alpha value is -1.55. The minimum Gasteiger partial charge on any atom is -0.454 e. The molecule has 0 fully saturated rings. The van der Waals surface area contributed by atoms with Crippen molar-refractivity contribution in [1.29, 1.82) is 0 Å². The summed E-state index contributed by atoms with van der Waals surface area (Å²) in [5.41, 5.74) is 1.92. The molecule has 86 valence electrons. The third-order valence-electron chi connectivity index (χ3n) is 2.43. The molecule has 0 bridgehead atoms. The predicted octanol–water partition coefficient (Wildman–Crippen LogP) is 1.69. The number of hydrogen-bond donors (Lipinski definition) is 0. The van der Waals surface area contributed by atoms with Crippen molar-refractivity contribution in [1.82, 2.24) is 0 Å². The fourth-order valence-corrected chi connectivity index (χ4v) is 1.75. The second-order valence-electron chi connectivity index (χ2n) is 3.79. The molecule has 0 atom stereocenters. The van der Waals surface area contributed by atoms with E-state index in [4.69, 9.17) is 14.2 Å². The number of benzene rings is 1. The summed E-state index contributed by atoms with van der Waals surface area (Å²) >= 11 is 0. The zero-order valence-electron chi connectivity index (χ0n) is 9.41. The highest BCUT2D eigenvalue weighted by Gasteiger charge is 2.17. The Morgan fingerprint density at radius 2 is 1.94 bits per heavy atom. The van der Waals surface area contributed by atoms with Gasteiger partial charge in [-0.15, -0.1) is 0 Å². The van der Waals surface area contributed by atoms with Crippen LogP contribution in [0.25, 0.3) is 0 Å². The highest BCUT2D eigenvalue weighted by molar-refractivity contribution is 5.79. The Bertz CT molecular complexity index is 412. The Morgan fingerprint density at radius 3 is 2.50 bits per heavy atom. The summed E-state index contributed by atoms with van der Waals surface area (Å²) in [5.74, 6) is 1.55. The normalized spacial score (nSPS) is 12.9. The lowest BCUT2D eigenvalue weighted by Crippen LogP contribution is -2.02. The summed E-state index contributed by atoms with van der Waals surface area (Å²) in [6.07, 6.45) is 0.398. The van der Waals surface area contributed by atoms with E-state index in [2.05, 4.69) is 0 Å². The van der Waals surface area contributed by atoms with Crippen molar-refractivity contribution >= 4 is 5.78 Å². The van der Waals surface area contributed by atoms with Gasteiger partial charge in [0.25, 0.3) is 0 Å². The van der Waals surface area contributed by atoms with Crippen molar-refractivity contribution in [2.75, 3.05) is 13.9 Å². The Kier molecular flexibility index (Phi) is 3.10. The van der Waals surface area contributed by atoms with Gasteiger partial charge in [-0.2, -0.15) is 0 Å². The zero-order valence-corrected chi connectivity index (χ0v) is 9.41.